The van der Waals surface area contributed by atoms with Crippen LogP contribution in [0.5, 0.6) is 5.75 Å². The van der Waals surface area contributed by atoms with E-state index in [0.717, 1.165) is 11.1 Å². The van der Waals surface area contributed by atoms with Crippen LogP contribution >= 0.6 is 11.3 Å². The Morgan fingerprint density at radius 1 is 1.19 bits per heavy atom. The molecule has 0 amide bonds. The molecule has 0 bridgehead atoms. The Bertz CT molecular complexity index is 1220. The average Bonchev–Trinajstić information content (AvgIpc) is 3.34. The van der Waals surface area contributed by atoms with Gasteiger partial charge >= 0.3 is 5.97 Å². The van der Waals surface area contributed by atoms with Crippen molar-refractivity contribution in [1.29, 1.82) is 0 Å². The summed E-state index contributed by atoms with van der Waals surface area (Å²) in [7, 11) is 1.84. The molecule has 0 atom stereocenters. The molecule has 0 radical (unpaired) electrons. The second-order valence-electron chi connectivity index (χ2n) is 6.12. The fraction of sp³-hybridized carbons (Fsp3) is 0.176. The van der Waals surface area contributed by atoms with E-state index in [1.54, 1.807) is 39.4 Å². The van der Waals surface area contributed by atoms with E-state index >= 15 is 0 Å². The van der Waals surface area contributed by atoms with Crippen LogP contribution in [0.3, 0.4) is 0 Å². The maximum atomic E-state index is 12.5. The van der Waals surface area contributed by atoms with Gasteiger partial charge in [-0.2, -0.15) is 10.2 Å². The zero-order chi connectivity index (χ0) is 19.1. The van der Waals surface area contributed by atoms with Gasteiger partial charge in [-0.05, 0) is 11.4 Å². The fourth-order valence-electron chi connectivity index (χ4n) is 3.01. The first-order valence-corrected chi connectivity index (χ1v) is 8.87. The van der Waals surface area contributed by atoms with Crippen LogP contribution in [-0.2, 0) is 20.1 Å². The highest BCUT2D eigenvalue weighted by Crippen LogP contribution is 2.29. The monoisotopic (exact) mass is 385 g/mol. The SMILES string of the molecule is Cn1cc(Cn2cc(Cn3c(=O)c(O)c(C(=O)O)c4sccc43)cn2)cn1. The molecule has 0 unspecified atom stereocenters. The van der Waals surface area contributed by atoms with E-state index in [-0.39, 0.29) is 12.1 Å². The van der Waals surface area contributed by atoms with Gasteiger partial charge in [-0.1, -0.05) is 0 Å². The summed E-state index contributed by atoms with van der Waals surface area (Å²) in [5, 5.41) is 29.5. The number of pyridine rings is 1. The lowest BCUT2D eigenvalue weighted by atomic mass is 10.2. The third-order valence-corrected chi connectivity index (χ3v) is 5.11. The van der Waals surface area contributed by atoms with E-state index in [0.29, 0.717) is 16.8 Å². The summed E-state index contributed by atoms with van der Waals surface area (Å²) in [6, 6.07) is 1.67. The Balaban J connectivity index is 1.69. The summed E-state index contributed by atoms with van der Waals surface area (Å²) in [6.07, 6.45) is 7.09. The number of aryl methyl sites for hydroxylation is 1. The molecule has 27 heavy (non-hydrogen) atoms. The minimum Gasteiger partial charge on any atom is -0.502 e. The van der Waals surface area contributed by atoms with Gasteiger partial charge in [0.15, 0.2) is 5.75 Å². The highest BCUT2D eigenvalue weighted by molar-refractivity contribution is 7.17. The Labute approximate surface area is 156 Å². The van der Waals surface area contributed by atoms with Gasteiger partial charge in [0.25, 0.3) is 5.56 Å². The normalized spacial score (nSPS) is 11.3. The number of rotatable bonds is 5. The zero-order valence-corrected chi connectivity index (χ0v) is 15.1. The van der Waals surface area contributed by atoms with E-state index in [1.807, 2.05) is 13.2 Å². The summed E-state index contributed by atoms with van der Waals surface area (Å²) >= 11 is 1.17. The Kier molecular flexibility index (Phi) is 4.04. The van der Waals surface area contributed by atoms with Crippen molar-refractivity contribution in [2.24, 2.45) is 7.05 Å². The van der Waals surface area contributed by atoms with Crippen LogP contribution in [0.15, 0.2) is 41.0 Å². The summed E-state index contributed by atoms with van der Waals surface area (Å²) in [6.45, 7) is 0.715. The topological polar surface area (TPSA) is 115 Å². The van der Waals surface area contributed by atoms with Crippen LogP contribution in [0.1, 0.15) is 21.5 Å². The fourth-order valence-corrected chi connectivity index (χ4v) is 3.94. The molecule has 4 aromatic rings. The average molecular weight is 385 g/mol. The molecule has 138 valence electrons. The molecule has 0 aliphatic carbocycles. The van der Waals surface area contributed by atoms with Crippen molar-refractivity contribution >= 4 is 27.5 Å². The lowest BCUT2D eigenvalue weighted by Gasteiger charge is -2.09. The van der Waals surface area contributed by atoms with Crippen molar-refractivity contribution in [1.82, 2.24) is 24.1 Å². The number of aromatic carboxylic acids is 1. The van der Waals surface area contributed by atoms with Crippen molar-refractivity contribution in [3.05, 3.63) is 63.3 Å². The zero-order valence-electron chi connectivity index (χ0n) is 14.2. The summed E-state index contributed by atoms with van der Waals surface area (Å²) in [5.41, 5.74) is 1.14. The predicted molar refractivity (Wildman–Crippen MR) is 98.3 cm³/mol. The third-order valence-electron chi connectivity index (χ3n) is 4.19. The maximum Gasteiger partial charge on any atom is 0.341 e. The van der Waals surface area contributed by atoms with E-state index in [9.17, 15) is 19.8 Å². The minimum absolute atomic E-state index is 0.173. The van der Waals surface area contributed by atoms with Gasteiger partial charge in [-0.25, -0.2) is 4.79 Å². The molecule has 0 saturated heterocycles. The van der Waals surface area contributed by atoms with Gasteiger partial charge in [0.2, 0.25) is 0 Å². The second-order valence-corrected chi connectivity index (χ2v) is 7.04. The third kappa shape index (κ3) is 2.99. The molecule has 0 saturated carbocycles. The van der Waals surface area contributed by atoms with Gasteiger partial charge in [-0.3, -0.25) is 18.7 Å². The van der Waals surface area contributed by atoms with E-state index < -0.39 is 17.3 Å². The number of hydrogen-bond acceptors (Lipinski definition) is 6. The Morgan fingerprint density at radius 2 is 1.93 bits per heavy atom. The van der Waals surface area contributed by atoms with Crippen molar-refractivity contribution in [2.45, 2.75) is 13.1 Å². The number of thiophene rings is 1. The number of aromatic hydroxyl groups is 1. The molecule has 0 aromatic carbocycles. The van der Waals surface area contributed by atoms with Gasteiger partial charge in [0.1, 0.15) is 5.56 Å². The van der Waals surface area contributed by atoms with Crippen LogP contribution < -0.4 is 5.56 Å². The molecule has 9 nitrogen and oxygen atoms in total. The molecule has 10 heteroatoms. The quantitative estimate of drug-likeness (QED) is 0.538. The number of nitrogens with zero attached hydrogens (tertiary/aromatic N) is 5. The summed E-state index contributed by atoms with van der Waals surface area (Å²) < 4.78 is 5.16. The molecular formula is C17H15N5O4S. The number of carbonyl (C=O) groups is 1. The minimum atomic E-state index is -1.33. The number of hydrogen-bond donors (Lipinski definition) is 2. The highest BCUT2D eigenvalue weighted by Gasteiger charge is 2.22. The molecule has 4 aromatic heterocycles. The van der Waals surface area contributed by atoms with Crippen LogP contribution in [0.4, 0.5) is 0 Å². The highest BCUT2D eigenvalue weighted by atomic mass is 32.1. The first kappa shape index (κ1) is 17.0. The molecule has 2 N–H and O–H groups in total. The van der Waals surface area contributed by atoms with Crippen molar-refractivity contribution in [2.75, 3.05) is 0 Å². The number of fused-ring (bicyclic) bond motifs is 1. The molecule has 0 aliphatic rings. The first-order valence-electron chi connectivity index (χ1n) is 7.99. The summed E-state index contributed by atoms with van der Waals surface area (Å²) in [4.78, 5) is 23.9. The molecule has 4 heterocycles. The van der Waals surface area contributed by atoms with Crippen LogP contribution in [-0.4, -0.2) is 40.3 Å². The van der Waals surface area contributed by atoms with Crippen molar-refractivity contribution < 1.29 is 15.0 Å². The van der Waals surface area contributed by atoms with E-state index in [1.165, 1.54) is 15.9 Å². The van der Waals surface area contributed by atoms with Crippen molar-refractivity contribution in [3.8, 4) is 5.75 Å². The van der Waals surface area contributed by atoms with Crippen LogP contribution in [0, 0.1) is 0 Å². The van der Waals surface area contributed by atoms with E-state index in [2.05, 4.69) is 10.2 Å². The largest absolute Gasteiger partial charge is 0.502 e. The maximum absolute atomic E-state index is 12.5. The number of aromatic nitrogens is 5. The van der Waals surface area contributed by atoms with E-state index in [4.69, 9.17) is 0 Å². The molecular weight excluding hydrogens is 370 g/mol. The molecule has 0 spiro atoms. The van der Waals surface area contributed by atoms with Crippen molar-refractivity contribution in [3.63, 3.8) is 0 Å². The summed E-state index contributed by atoms with van der Waals surface area (Å²) in [5.74, 6) is -2.08. The Hall–Kier alpha value is -3.40. The lowest BCUT2D eigenvalue weighted by molar-refractivity contribution is 0.0695. The second kappa shape index (κ2) is 6.40. The van der Waals surface area contributed by atoms with Crippen LogP contribution in [0.25, 0.3) is 10.2 Å². The molecule has 0 fully saturated rings. The van der Waals surface area contributed by atoms with Gasteiger partial charge < -0.3 is 10.2 Å². The first-order chi connectivity index (χ1) is 12.9. The van der Waals surface area contributed by atoms with Gasteiger partial charge in [-0.15, -0.1) is 11.3 Å². The number of carboxylic acid groups (broad SMARTS) is 1. The lowest BCUT2D eigenvalue weighted by Crippen LogP contribution is -2.22. The Morgan fingerprint density at radius 3 is 2.63 bits per heavy atom. The standard InChI is InChI=1S/C17H15N5O4S/c1-20-6-10(4-18-20)7-21-8-11(5-19-21)9-22-12-2-3-27-15(12)13(17(25)26)14(23)16(22)24/h2-6,8,23H,7,9H2,1H3,(H,25,26). The number of carboxylic acids is 1. The van der Waals surface area contributed by atoms with Gasteiger partial charge in [0, 0.05) is 30.6 Å². The van der Waals surface area contributed by atoms with Crippen LogP contribution in [0.2, 0.25) is 0 Å². The molecule has 4 rings (SSSR count). The molecule has 0 aliphatic heterocycles. The van der Waals surface area contributed by atoms with Gasteiger partial charge in [0.05, 0.1) is 35.7 Å². The predicted octanol–water partition coefficient (Wildman–Crippen LogP) is 1.49. The smallest absolute Gasteiger partial charge is 0.341 e.